The van der Waals surface area contributed by atoms with E-state index in [0.29, 0.717) is 17.9 Å². The van der Waals surface area contributed by atoms with Crippen LogP contribution in [-0.4, -0.2) is 17.4 Å². The number of pyridine rings is 1. The second-order valence-electron chi connectivity index (χ2n) is 4.27. The zero-order valence-electron chi connectivity index (χ0n) is 11.2. The molecule has 0 saturated heterocycles. The van der Waals surface area contributed by atoms with Crippen molar-refractivity contribution in [3.8, 4) is 0 Å². The van der Waals surface area contributed by atoms with Crippen molar-refractivity contribution in [1.29, 1.82) is 0 Å². The molecule has 0 saturated carbocycles. The Hall–Kier alpha value is -1.88. The minimum absolute atomic E-state index is 0.105. The minimum atomic E-state index is -0.105. The van der Waals surface area contributed by atoms with E-state index in [4.69, 9.17) is 0 Å². The van der Waals surface area contributed by atoms with Gasteiger partial charge in [-0.25, -0.2) is 4.98 Å². The van der Waals surface area contributed by atoms with Crippen molar-refractivity contribution >= 4 is 27.7 Å². The van der Waals surface area contributed by atoms with Gasteiger partial charge in [0.25, 0.3) is 5.91 Å². The summed E-state index contributed by atoms with van der Waals surface area (Å²) in [5.41, 5.74) is 1.65. The van der Waals surface area contributed by atoms with Crippen LogP contribution in [0, 0.1) is 0 Å². The van der Waals surface area contributed by atoms with Gasteiger partial charge in [0, 0.05) is 29.3 Å². The van der Waals surface area contributed by atoms with E-state index < -0.39 is 0 Å². The summed E-state index contributed by atoms with van der Waals surface area (Å²) in [4.78, 5) is 16.2. The first-order valence-corrected chi connectivity index (χ1v) is 7.21. The van der Waals surface area contributed by atoms with Gasteiger partial charge >= 0.3 is 0 Å². The molecule has 4 nitrogen and oxygen atoms in total. The Bertz CT molecular complexity index is 601. The maximum Gasteiger partial charge on any atom is 0.251 e. The van der Waals surface area contributed by atoms with Crippen LogP contribution in [0.3, 0.4) is 0 Å². The van der Waals surface area contributed by atoms with Crippen LogP contribution in [0.2, 0.25) is 0 Å². The molecule has 1 heterocycles. The Morgan fingerprint density at radius 3 is 2.90 bits per heavy atom. The number of benzene rings is 1. The number of nitrogens with zero attached hydrogens (tertiary/aromatic N) is 1. The molecule has 0 bridgehead atoms. The molecule has 20 heavy (non-hydrogen) atoms. The van der Waals surface area contributed by atoms with E-state index in [1.54, 1.807) is 18.3 Å². The summed E-state index contributed by atoms with van der Waals surface area (Å²) in [6, 6.07) is 11.3. The highest BCUT2D eigenvalue weighted by Gasteiger charge is 2.06. The van der Waals surface area contributed by atoms with Crippen LogP contribution in [-0.2, 0) is 6.54 Å². The molecule has 2 rings (SSSR count). The summed E-state index contributed by atoms with van der Waals surface area (Å²) < 4.78 is 1.00. The Kier molecular flexibility index (Phi) is 5.12. The number of hydrogen-bond donors (Lipinski definition) is 2. The lowest BCUT2D eigenvalue weighted by Crippen LogP contribution is -2.23. The fourth-order valence-electron chi connectivity index (χ4n) is 1.78. The van der Waals surface area contributed by atoms with Crippen molar-refractivity contribution in [3.05, 3.63) is 58.2 Å². The molecule has 0 aliphatic rings. The second kappa shape index (κ2) is 7.05. The highest BCUT2D eigenvalue weighted by atomic mass is 79.9. The largest absolute Gasteiger partial charge is 0.370 e. The molecular weight excluding hydrogens is 318 g/mol. The maximum absolute atomic E-state index is 12.1. The van der Waals surface area contributed by atoms with Gasteiger partial charge in [0.2, 0.25) is 0 Å². The first-order chi connectivity index (χ1) is 9.69. The van der Waals surface area contributed by atoms with Gasteiger partial charge in [-0.2, -0.15) is 0 Å². The molecule has 1 aromatic heterocycles. The first kappa shape index (κ1) is 14.5. The standard InChI is InChI=1S/C15H16BrN3O/c1-2-17-14-9-12(6-7-18-14)15(20)19-10-11-4-3-5-13(16)8-11/h3-9H,2,10H2,1H3,(H,17,18)(H,19,20). The smallest absolute Gasteiger partial charge is 0.251 e. The van der Waals surface area contributed by atoms with Crippen LogP contribution in [0.4, 0.5) is 5.82 Å². The number of carbonyl (C=O) groups excluding carboxylic acids is 1. The average molecular weight is 334 g/mol. The number of anilines is 1. The molecule has 0 atom stereocenters. The zero-order valence-corrected chi connectivity index (χ0v) is 12.8. The minimum Gasteiger partial charge on any atom is -0.370 e. The van der Waals surface area contributed by atoms with Gasteiger partial charge in [0.05, 0.1) is 0 Å². The predicted octanol–water partition coefficient (Wildman–Crippen LogP) is 3.21. The molecule has 1 amide bonds. The highest BCUT2D eigenvalue weighted by Crippen LogP contribution is 2.12. The number of aromatic nitrogens is 1. The third-order valence-electron chi connectivity index (χ3n) is 2.72. The van der Waals surface area contributed by atoms with Crippen LogP contribution in [0.25, 0.3) is 0 Å². The number of nitrogens with one attached hydrogen (secondary N) is 2. The van der Waals surface area contributed by atoms with E-state index in [2.05, 4.69) is 31.5 Å². The second-order valence-corrected chi connectivity index (χ2v) is 5.19. The Labute approximate surface area is 126 Å². The molecule has 0 unspecified atom stereocenters. The van der Waals surface area contributed by atoms with Crippen LogP contribution in [0.1, 0.15) is 22.8 Å². The lowest BCUT2D eigenvalue weighted by molar-refractivity contribution is 0.0951. The van der Waals surface area contributed by atoms with Crippen molar-refractivity contribution < 1.29 is 4.79 Å². The quantitative estimate of drug-likeness (QED) is 0.883. The predicted molar refractivity (Wildman–Crippen MR) is 83.7 cm³/mol. The topological polar surface area (TPSA) is 54.0 Å². The molecule has 0 aliphatic carbocycles. The van der Waals surface area contributed by atoms with E-state index in [1.165, 1.54) is 0 Å². The summed E-state index contributed by atoms with van der Waals surface area (Å²) >= 11 is 3.41. The molecule has 0 aliphatic heterocycles. The van der Waals surface area contributed by atoms with Gasteiger partial charge in [-0.05, 0) is 36.8 Å². The zero-order chi connectivity index (χ0) is 14.4. The summed E-state index contributed by atoms with van der Waals surface area (Å²) in [6.07, 6.45) is 1.63. The Balaban J connectivity index is 1.99. The fourth-order valence-corrected chi connectivity index (χ4v) is 2.23. The molecule has 1 aromatic carbocycles. The van der Waals surface area contributed by atoms with Crippen molar-refractivity contribution in [2.24, 2.45) is 0 Å². The number of carbonyl (C=O) groups is 1. The third-order valence-corrected chi connectivity index (χ3v) is 3.22. The summed E-state index contributed by atoms with van der Waals surface area (Å²) in [6.45, 7) is 3.26. The van der Waals surface area contributed by atoms with E-state index in [-0.39, 0.29) is 5.91 Å². The Morgan fingerprint density at radius 2 is 2.15 bits per heavy atom. The van der Waals surface area contributed by atoms with Crippen LogP contribution < -0.4 is 10.6 Å². The lowest BCUT2D eigenvalue weighted by atomic mass is 10.2. The van der Waals surface area contributed by atoms with Gasteiger partial charge in [-0.1, -0.05) is 28.1 Å². The molecule has 0 radical (unpaired) electrons. The number of hydrogen-bond acceptors (Lipinski definition) is 3. The highest BCUT2D eigenvalue weighted by molar-refractivity contribution is 9.10. The number of halogens is 1. The normalized spacial score (nSPS) is 10.1. The molecule has 2 aromatic rings. The summed E-state index contributed by atoms with van der Waals surface area (Å²) in [5, 5.41) is 5.98. The molecule has 5 heteroatoms. The molecule has 2 N–H and O–H groups in total. The van der Waals surface area contributed by atoms with E-state index >= 15 is 0 Å². The first-order valence-electron chi connectivity index (χ1n) is 6.41. The van der Waals surface area contributed by atoms with E-state index in [0.717, 1.165) is 16.6 Å². The van der Waals surface area contributed by atoms with Gasteiger partial charge in [-0.3, -0.25) is 4.79 Å². The maximum atomic E-state index is 12.1. The van der Waals surface area contributed by atoms with Gasteiger partial charge in [0.15, 0.2) is 0 Å². The van der Waals surface area contributed by atoms with Crippen molar-refractivity contribution in [3.63, 3.8) is 0 Å². The van der Waals surface area contributed by atoms with Gasteiger partial charge < -0.3 is 10.6 Å². The Morgan fingerprint density at radius 1 is 1.30 bits per heavy atom. The monoisotopic (exact) mass is 333 g/mol. The number of amides is 1. The molecule has 0 fully saturated rings. The summed E-state index contributed by atoms with van der Waals surface area (Å²) in [7, 11) is 0. The van der Waals surface area contributed by atoms with E-state index in [1.807, 2.05) is 31.2 Å². The van der Waals surface area contributed by atoms with Crippen molar-refractivity contribution in [1.82, 2.24) is 10.3 Å². The number of rotatable bonds is 5. The fraction of sp³-hybridized carbons (Fsp3) is 0.200. The summed E-state index contributed by atoms with van der Waals surface area (Å²) in [5.74, 6) is 0.606. The van der Waals surface area contributed by atoms with Crippen LogP contribution in [0.15, 0.2) is 47.1 Å². The van der Waals surface area contributed by atoms with Gasteiger partial charge in [-0.15, -0.1) is 0 Å². The van der Waals surface area contributed by atoms with Crippen molar-refractivity contribution in [2.75, 3.05) is 11.9 Å². The van der Waals surface area contributed by atoms with Crippen LogP contribution in [0.5, 0.6) is 0 Å². The molecule has 104 valence electrons. The lowest BCUT2D eigenvalue weighted by Gasteiger charge is -2.07. The van der Waals surface area contributed by atoms with Crippen LogP contribution >= 0.6 is 15.9 Å². The van der Waals surface area contributed by atoms with Crippen molar-refractivity contribution in [2.45, 2.75) is 13.5 Å². The SMILES string of the molecule is CCNc1cc(C(=O)NCc2cccc(Br)c2)ccn1. The van der Waals surface area contributed by atoms with Gasteiger partial charge in [0.1, 0.15) is 5.82 Å². The third kappa shape index (κ3) is 4.06. The molecular formula is C15H16BrN3O. The average Bonchev–Trinajstić information content (AvgIpc) is 2.45. The van der Waals surface area contributed by atoms with E-state index in [9.17, 15) is 4.79 Å². The molecule has 0 spiro atoms.